The van der Waals surface area contributed by atoms with Gasteiger partial charge in [0.05, 0.1) is 5.69 Å². The summed E-state index contributed by atoms with van der Waals surface area (Å²) in [7, 11) is 3.95. The van der Waals surface area contributed by atoms with E-state index in [0.29, 0.717) is 23.6 Å². The third kappa shape index (κ3) is 6.42. The zero-order valence-corrected chi connectivity index (χ0v) is 20.3. The van der Waals surface area contributed by atoms with Crippen LogP contribution in [0.4, 0.5) is 5.69 Å². The van der Waals surface area contributed by atoms with E-state index in [9.17, 15) is 4.79 Å². The SMILES string of the molecule is CCNC(=O)c1ccc(-c2cc(Oc3ccc(C=N)c(NC)c3)ccn2)cc1C.CN1CCC1. The number of ether oxygens (including phenoxy) is 1. The van der Waals surface area contributed by atoms with E-state index in [-0.39, 0.29) is 5.91 Å². The number of anilines is 1. The predicted octanol–water partition coefficient (Wildman–Crippen LogP) is 4.96. The number of nitrogens with one attached hydrogen (secondary N) is 3. The molecule has 0 atom stereocenters. The monoisotopic (exact) mass is 459 g/mol. The van der Waals surface area contributed by atoms with Crippen molar-refractivity contribution in [3.8, 4) is 22.8 Å². The molecule has 7 nitrogen and oxygen atoms in total. The van der Waals surface area contributed by atoms with Crippen LogP contribution >= 0.6 is 0 Å². The number of aryl methyl sites for hydroxylation is 1. The van der Waals surface area contributed by atoms with Crippen molar-refractivity contribution < 1.29 is 9.53 Å². The van der Waals surface area contributed by atoms with Gasteiger partial charge in [0.2, 0.25) is 0 Å². The van der Waals surface area contributed by atoms with Gasteiger partial charge in [0.15, 0.2) is 0 Å². The number of amides is 1. The van der Waals surface area contributed by atoms with E-state index in [0.717, 1.165) is 28.1 Å². The average molecular weight is 460 g/mol. The van der Waals surface area contributed by atoms with Crippen molar-refractivity contribution in [2.45, 2.75) is 20.3 Å². The smallest absolute Gasteiger partial charge is 0.251 e. The molecule has 1 aromatic heterocycles. The van der Waals surface area contributed by atoms with E-state index < -0.39 is 0 Å². The molecule has 1 aliphatic rings. The second kappa shape index (κ2) is 12.0. The molecule has 0 saturated carbocycles. The normalized spacial score (nSPS) is 12.6. The highest BCUT2D eigenvalue weighted by Gasteiger charge is 2.11. The minimum absolute atomic E-state index is 0.0738. The zero-order chi connectivity index (χ0) is 24.5. The van der Waals surface area contributed by atoms with E-state index in [1.54, 1.807) is 12.3 Å². The molecule has 1 saturated heterocycles. The minimum Gasteiger partial charge on any atom is -0.457 e. The van der Waals surface area contributed by atoms with E-state index in [1.165, 1.54) is 25.7 Å². The Balaban J connectivity index is 0.000000574. The Morgan fingerprint density at radius 2 is 1.88 bits per heavy atom. The van der Waals surface area contributed by atoms with Crippen LogP contribution in [0.3, 0.4) is 0 Å². The lowest BCUT2D eigenvalue weighted by Crippen LogP contribution is -2.32. The molecule has 1 aliphatic heterocycles. The van der Waals surface area contributed by atoms with Crippen LogP contribution in [0.25, 0.3) is 11.3 Å². The van der Waals surface area contributed by atoms with Crippen LogP contribution in [0.5, 0.6) is 11.5 Å². The maximum absolute atomic E-state index is 12.1. The molecule has 178 valence electrons. The molecular formula is C27H33N5O2. The number of carbonyl (C=O) groups excluding carboxylic acids is 1. The third-order valence-corrected chi connectivity index (χ3v) is 5.60. The number of carbonyl (C=O) groups is 1. The zero-order valence-electron chi connectivity index (χ0n) is 20.3. The number of nitrogens with zero attached hydrogens (tertiary/aromatic N) is 2. The predicted molar refractivity (Wildman–Crippen MR) is 138 cm³/mol. The molecule has 0 spiro atoms. The number of rotatable bonds is 7. The number of pyridine rings is 1. The van der Waals surface area contributed by atoms with E-state index in [4.69, 9.17) is 10.1 Å². The summed E-state index contributed by atoms with van der Waals surface area (Å²) in [5.41, 5.74) is 4.84. The summed E-state index contributed by atoms with van der Waals surface area (Å²) in [6.07, 6.45) is 4.41. The fourth-order valence-corrected chi connectivity index (χ4v) is 3.52. The summed E-state index contributed by atoms with van der Waals surface area (Å²) in [6.45, 7) is 7.05. The molecule has 3 aromatic rings. The van der Waals surface area contributed by atoms with E-state index >= 15 is 0 Å². The Kier molecular flexibility index (Phi) is 8.76. The Morgan fingerprint density at radius 1 is 1.15 bits per heavy atom. The molecule has 4 rings (SSSR count). The average Bonchev–Trinajstić information content (AvgIpc) is 2.83. The first-order valence-corrected chi connectivity index (χ1v) is 11.5. The maximum Gasteiger partial charge on any atom is 0.251 e. The second-order valence-corrected chi connectivity index (χ2v) is 8.17. The molecule has 3 N–H and O–H groups in total. The van der Waals surface area contributed by atoms with Crippen molar-refractivity contribution in [2.75, 3.05) is 39.0 Å². The van der Waals surface area contributed by atoms with Gasteiger partial charge in [0.25, 0.3) is 5.91 Å². The molecule has 2 aromatic carbocycles. The van der Waals surface area contributed by atoms with Crippen molar-refractivity contribution in [1.82, 2.24) is 15.2 Å². The topological polar surface area (TPSA) is 90.3 Å². The summed E-state index contributed by atoms with van der Waals surface area (Å²) < 4.78 is 5.99. The molecular weight excluding hydrogens is 426 g/mol. The molecule has 0 bridgehead atoms. The first kappa shape index (κ1) is 24.9. The van der Waals surface area contributed by atoms with Crippen LogP contribution in [0.2, 0.25) is 0 Å². The van der Waals surface area contributed by atoms with Gasteiger partial charge < -0.3 is 25.7 Å². The molecule has 1 amide bonds. The number of hydrogen-bond donors (Lipinski definition) is 3. The highest BCUT2D eigenvalue weighted by Crippen LogP contribution is 2.29. The van der Waals surface area contributed by atoms with Gasteiger partial charge >= 0.3 is 0 Å². The van der Waals surface area contributed by atoms with Gasteiger partial charge in [-0.3, -0.25) is 9.78 Å². The van der Waals surface area contributed by atoms with E-state index in [1.807, 2.05) is 63.4 Å². The lowest BCUT2D eigenvalue weighted by atomic mass is 10.0. The first-order chi connectivity index (χ1) is 16.4. The molecule has 0 aliphatic carbocycles. The van der Waals surface area contributed by atoms with Gasteiger partial charge in [-0.1, -0.05) is 6.07 Å². The van der Waals surface area contributed by atoms with Gasteiger partial charge in [0, 0.05) is 60.5 Å². The summed E-state index contributed by atoms with van der Waals surface area (Å²) in [5.74, 6) is 1.25. The van der Waals surface area contributed by atoms with E-state index in [2.05, 4.69) is 27.6 Å². The highest BCUT2D eigenvalue weighted by molar-refractivity contribution is 5.96. The largest absolute Gasteiger partial charge is 0.457 e. The second-order valence-electron chi connectivity index (χ2n) is 8.17. The van der Waals surface area contributed by atoms with Crippen LogP contribution in [0, 0.1) is 12.3 Å². The standard InChI is InChI=1S/C23H24N4O2.C4H9N/c1-4-26-23(28)20-8-6-16(11-15(20)2)22-13-19(9-10-27-22)29-18-7-5-17(14-24)21(12-18)25-3;1-5-3-2-4-5/h5-14,24-25H,4H2,1-3H3,(H,26,28);2-4H2,1H3. The Bertz CT molecular complexity index is 1140. The van der Waals surface area contributed by atoms with Gasteiger partial charge in [-0.05, 0) is 76.3 Å². The van der Waals surface area contributed by atoms with Crippen LogP contribution in [0.15, 0.2) is 54.7 Å². The highest BCUT2D eigenvalue weighted by atomic mass is 16.5. The van der Waals surface area contributed by atoms with Gasteiger partial charge in [-0.15, -0.1) is 0 Å². The molecule has 0 radical (unpaired) electrons. The van der Waals surface area contributed by atoms with Crippen molar-refractivity contribution >= 4 is 17.8 Å². The van der Waals surface area contributed by atoms with Crippen LogP contribution in [0.1, 0.15) is 34.8 Å². The lowest BCUT2D eigenvalue weighted by Gasteiger charge is -2.24. The minimum atomic E-state index is -0.0738. The number of hydrogen-bond acceptors (Lipinski definition) is 6. The lowest BCUT2D eigenvalue weighted by molar-refractivity contribution is 0.0955. The number of benzene rings is 2. The van der Waals surface area contributed by atoms with Crippen LogP contribution in [-0.4, -0.2) is 55.7 Å². The Hall–Kier alpha value is -3.71. The maximum atomic E-state index is 12.1. The summed E-state index contributed by atoms with van der Waals surface area (Å²) in [6, 6.07) is 14.8. The molecule has 1 fully saturated rings. The van der Waals surface area contributed by atoms with Crippen molar-refractivity contribution in [1.29, 1.82) is 5.41 Å². The van der Waals surface area contributed by atoms with Crippen LogP contribution < -0.4 is 15.4 Å². The molecule has 2 heterocycles. The molecule has 7 heteroatoms. The summed E-state index contributed by atoms with van der Waals surface area (Å²) in [4.78, 5) is 18.8. The Labute approximate surface area is 201 Å². The number of likely N-dealkylation sites (tertiary alicyclic amines) is 1. The molecule has 0 unspecified atom stereocenters. The van der Waals surface area contributed by atoms with Gasteiger partial charge in [0.1, 0.15) is 11.5 Å². The van der Waals surface area contributed by atoms with Crippen molar-refractivity contribution in [3.63, 3.8) is 0 Å². The fraction of sp³-hybridized carbons (Fsp3) is 0.296. The Morgan fingerprint density at radius 3 is 2.47 bits per heavy atom. The quantitative estimate of drug-likeness (QED) is 0.435. The summed E-state index contributed by atoms with van der Waals surface area (Å²) in [5, 5.41) is 13.3. The first-order valence-electron chi connectivity index (χ1n) is 11.5. The van der Waals surface area contributed by atoms with Gasteiger partial charge in [-0.25, -0.2) is 0 Å². The summed E-state index contributed by atoms with van der Waals surface area (Å²) >= 11 is 0. The van der Waals surface area contributed by atoms with Crippen molar-refractivity contribution in [2.24, 2.45) is 0 Å². The van der Waals surface area contributed by atoms with Crippen LogP contribution in [-0.2, 0) is 0 Å². The third-order valence-electron chi connectivity index (χ3n) is 5.60. The fourth-order valence-electron chi connectivity index (χ4n) is 3.52. The van der Waals surface area contributed by atoms with Crippen molar-refractivity contribution in [3.05, 3.63) is 71.4 Å². The number of aromatic nitrogens is 1. The molecule has 34 heavy (non-hydrogen) atoms. The van der Waals surface area contributed by atoms with Gasteiger partial charge in [-0.2, -0.15) is 0 Å².